The molecule has 0 radical (unpaired) electrons. The van der Waals surface area contributed by atoms with Gasteiger partial charge in [0.2, 0.25) is 5.91 Å². The van der Waals surface area contributed by atoms with Crippen LogP contribution in [0.2, 0.25) is 0 Å². The zero-order valence-corrected chi connectivity index (χ0v) is 15.4. The van der Waals surface area contributed by atoms with Gasteiger partial charge in [0.05, 0.1) is 12.1 Å². The third kappa shape index (κ3) is 4.74. The summed E-state index contributed by atoms with van der Waals surface area (Å²) in [4.78, 5) is 28.4. The molecule has 5 nitrogen and oxygen atoms in total. The van der Waals surface area contributed by atoms with E-state index in [0.29, 0.717) is 11.3 Å². The van der Waals surface area contributed by atoms with Crippen molar-refractivity contribution in [2.45, 2.75) is 6.42 Å². The highest BCUT2D eigenvalue weighted by Crippen LogP contribution is 2.23. The smallest absolute Gasteiger partial charge is 0.269 e. The fourth-order valence-electron chi connectivity index (χ4n) is 2.11. The monoisotopic (exact) mass is 415 g/mol. The topological polar surface area (TPSA) is 71.1 Å². The van der Waals surface area contributed by atoms with Gasteiger partial charge >= 0.3 is 0 Å². The highest BCUT2D eigenvalue weighted by Gasteiger charge is 2.11. The molecule has 2 amide bonds. The zero-order valence-electron chi connectivity index (χ0n) is 13.0. The van der Waals surface area contributed by atoms with Crippen LogP contribution in [0.25, 0.3) is 10.6 Å². The molecule has 3 aromatic rings. The number of carbonyl (C=O) groups excluding carboxylic acids is 2. The van der Waals surface area contributed by atoms with Gasteiger partial charge in [-0.25, -0.2) is 4.98 Å². The molecule has 0 saturated carbocycles. The lowest BCUT2D eigenvalue weighted by Gasteiger charge is -2.06. The molecule has 1 aromatic heterocycles. The molecule has 0 bridgehead atoms. The molecule has 0 spiro atoms. The Bertz CT molecular complexity index is 879. The minimum absolute atomic E-state index is 0.101. The summed E-state index contributed by atoms with van der Waals surface area (Å²) in [5.74, 6) is -0.695. The van der Waals surface area contributed by atoms with E-state index in [4.69, 9.17) is 0 Å². The van der Waals surface area contributed by atoms with Gasteiger partial charge < -0.3 is 0 Å². The van der Waals surface area contributed by atoms with E-state index in [1.807, 2.05) is 35.7 Å². The standard InChI is InChI=1S/C18H14BrN3O2S/c19-14-8-6-12(7-9-14)17(24)22-21-16(23)10-15-11-25-18(20-15)13-4-2-1-3-5-13/h1-9,11H,10H2,(H,21,23)(H,22,24). The molecule has 0 saturated heterocycles. The molecule has 0 aliphatic carbocycles. The molecule has 3 rings (SSSR count). The van der Waals surface area contributed by atoms with Crippen LogP contribution >= 0.6 is 27.3 Å². The van der Waals surface area contributed by atoms with E-state index in [9.17, 15) is 9.59 Å². The van der Waals surface area contributed by atoms with E-state index in [2.05, 4.69) is 31.8 Å². The maximum atomic E-state index is 12.0. The first-order valence-electron chi connectivity index (χ1n) is 7.46. The summed E-state index contributed by atoms with van der Waals surface area (Å²) >= 11 is 4.79. The van der Waals surface area contributed by atoms with E-state index in [1.54, 1.807) is 24.3 Å². The Labute approximate surface area is 157 Å². The van der Waals surface area contributed by atoms with E-state index >= 15 is 0 Å². The summed E-state index contributed by atoms with van der Waals surface area (Å²) in [5, 5.41) is 2.71. The van der Waals surface area contributed by atoms with Crippen LogP contribution in [0.15, 0.2) is 64.5 Å². The summed E-state index contributed by atoms with van der Waals surface area (Å²) in [6, 6.07) is 16.6. The number of hydrogen-bond acceptors (Lipinski definition) is 4. The number of aromatic nitrogens is 1. The van der Waals surface area contributed by atoms with Crippen LogP contribution in [0.5, 0.6) is 0 Å². The predicted molar refractivity (Wildman–Crippen MR) is 101 cm³/mol. The Balaban J connectivity index is 1.54. The van der Waals surface area contributed by atoms with Gasteiger partial charge in [0.1, 0.15) is 5.01 Å². The van der Waals surface area contributed by atoms with Crippen molar-refractivity contribution in [2.24, 2.45) is 0 Å². The number of nitrogens with zero attached hydrogens (tertiary/aromatic N) is 1. The average Bonchev–Trinajstić information content (AvgIpc) is 3.09. The summed E-state index contributed by atoms with van der Waals surface area (Å²) in [6.07, 6.45) is 0.101. The first-order valence-corrected chi connectivity index (χ1v) is 9.13. The van der Waals surface area contributed by atoms with E-state index in [-0.39, 0.29) is 18.2 Å². The largest absolute Gasteiger partial charge is 0.273 e. The molecule has 0 aliphatic rings. The zero-order chi connectivity index (χ0) is 17.6. The van der Waals surface area contributed by atoms with Crippen molar-refractivity contribution in [1.82, 2.24) is 15.8 Å². The second kappa shape index (κ2) is 8.04. The van der Waals surface area contributed by atoms with Crippen LogP contribution in [0.3, 0.4) is 0 Å². The average molecular weight is 416 g/mol. The Hall–Kier alpha value is -2.51. The Morgan fingerprint density at radius 2 is 1.72 bits per heavy atom. The van der Waals surface area contributed by atoms with E-state index in [1.165, 1.54) is 11.3 Å². The number of hydrogen-bond donors (Lipinski definition) is 2. The predicted octanol–water partition coefficient (Wildman–Crippen LogP) is 3.58. The van der Waals surface area contributed by atoms with Crippen LogP contribution in [-0.4, -0.2) is 16.8 Å². The maximum absolute atomic E-state index is 12.0. The van der Waals surface area contributed by atoms with Crippen molar-refractivity contribution in [3.05, 3.63) is 75.7 Å². The molecule has 0 fully saturated rings. The van der Waals surface area contributed by atoms with Gasteiger partial charge in [0, 0.05) is 21.0 Å². The summed E-state index contributed by atoms with van der Waals surface area (Å²) < 4.78 is 0.880. The third-order valence-corrected chi connectivity index (χ3v) is 4.80. The van der Waals surface area contributed by atoms with E-state index < -0.39 is 0 Å². The third-order valence-electron chi connectivity index (χ3n) is 3.34. The van der Waals surface area contributed by atoms with Gasteiger partial charge in [0.25, 0.3) is 5.91 Å². The van der Waals surface area contributed by atoms with Gasteiger partial charge in [-0.05, 0) is 24.3 Å². The number of halogens is 1. The number of amides is 2. The van der Waals surface area contributed by atoms with Crippen molar-refractivity contribution in [1.29, 1.82) is 0 Å². The molecule has 1 heterocycles. The van der Waals surface area contributed by atoms with Crippen LogP contribution in [-0.2, 0) is 11.2 Å². The maximum Gasteiger partial charge on any atom is 0.269 e. The fourth-order valence-corrected chi connectivity index (χ4v) is 3.20. The fraction of sp³-hybridized carbons (Fsp3) is 0.0556. The summed E-state index contributed by atoms with van der Waals surface area (Å²) in [5.41, 5.74) is 6.95. The Kier molecular flexibility index (Phi) is 5.57. The van der Waals surface area contributed by atoms with Crippen LogP contribution < -0.4 is 10.9 Å². The second-order valence-electron chi connectivity index (χ2n) is 5.20. The van der Waals surface area contributed by atoms with Gasteiger partial charge in [-0.2, -0.15) is 0 Å². The van der Waals surface area contributed by atoms with Gasteiger partial charge in [-0.1, -0.05) is 46.3 Å². The lowest BCUT2D eigenvalue weighted by atomic mass is 10.2. The van der Waals surface area contributed by atoms with Crippen molar-refractivity contribution >= 4 is 39.1 Å². The Morgan fingerprint density at radius 3 is 2.44 bits per heavy atom. The first kappa shape index (κ1) is 17.3. The van der Waals surface area contributed by atoms with Gasteiger partial charge in [-0.3, -0.25) is 20.4 Å². The molecular weight excluding hydrogens is 402 g/mol. The van der Waals surface area contributed by atoms with Gasteiger partial charge in [0.15, 0.2) is 0 Å². The lowest BCUT2D eigenvalue weighted by Crippen LogP contribution is -2.42. The highest BCUT2D eigenvalue weighted by molar-refractivity contribution is 9.10. The minimum Gasteiger partial charge on any atom is -0.273 e. The second-order valence-corrected chi connectivity index (χ2v) is 6.97. The van der Waals surface area contributed by atoms with Crippen LogP contribution in [0, 0.1) is 0 Å². The molecule has 0 aliphatic heterocycles. The van der Waals surface area contributed by atoms with Gasteiger partial charge in [-0.15, -0.1) is 11.3 Å². The molecular formula is C18H14BrN3O2S. The molecule has 126 valence electrons. The van der Waals surface area contributed by atoms with Crippen LogP contribution in [0.4, 0.5) is 0 Å². The quantitative estimate of drug-likeness (QED) is 0.639. The van der Waals surface area contributed by atoms with Crippen molar-refractivity contribution < 1.29 is 9.59 Å². The van der Waals surface area contributed by atoms with Crippen molar-refractivity contribution in [3.8, 4) is 10.6 Å². The summed E-state index contributed by atoms with van der Waals surface area (Å²) in [6.45, 7) is 0. The molecule has 0 atom stereocenters. The van der Waals surface area contributed by atoms with Crippen molar-refractivity contribution in [3.63, 3.8) is 0 Å². The molecule has 7 heteroatoms. The number of thiazole rings is 1. The molecule has 2 N–H and O–H groups in total. The molecule has 25 heavy (non-hydrogen) atoms. The number of nitrogens with one attached hydrogen (secondary N) is 2. The van der Waals surface area contributed by atoms with E-state index in [0.717, 1.165) is 15.0 Å². The number of rotatable bonds is 4. The van der Waals surface area contributed by atoms with Crippen LogP contribution in [0.1, 0.15) is 16.1 Å². The molecule has 0 unspecified atom stereocenters. The minimum atomic E-state index is -0.371. The number of carbonyl (C=O) groups is 2. The normalized spacial score (nSPS) is 10.3. The lowest BCUT2D eigenvalue weighted by molar-refractivity contribution is -0.121. The molecule has 2 aromatic carbocycles. The van der Waals surface area contributed by atoms with Crippen molar-refractivity contribution in [2.75, 3.05) is 0 Å². The number of benzene rings is 2. The Morgan fingerprint density at radius 1 is 1.00 bits per heavy atom. The highest BCUT2D eigenvalue weighted by atomic mass is 79.9. The summed E-state index contributed by atoms with van der Waals surface area (Å²) in [7, 11) is 0. The first-order chi connectivity index (χ1) is 12.1. The number of hydrazine groups is 1. The SMILES string of the molecule is O=C(Cc1csc(-c2ccccc2)n1)NNC(=O)c1ccc(Br)cc1.